The lowest BCUT2D eigenvalue weighted by Crippen LogP contribution is -2.46. The lowest BCUT2D eigenvalue weighted by atomic mass is 9.99. The average Bonchev–Trinajstić information content (AvgIpc) is 3.82. The number of hydrogen-bond acceptors (Lipinski definition) is 7. The average molecular weight is 624 g/mol. The fourth-order valence-corrected chi connectivity index (χ4v) is 6.16. The number of piperidine rings is 1. The highest BCUT2D eigenvalue weighted by molar-refractivity contribution is 9.10. The minimum absolute atomic E-state index is 0.0682. The molecule has 41 heavy (non-hydrogen) atoms. The number of fused-ring (bicyclic) bond motifs is 2. The number of benzene rings is 1. The van der Waals surface area contributed by atoms with E-state index in [2.05, 4.69) is 31.5 Å². The smallest absolute Gasteiger partial charge is 0.410 e. The highest BCUT2D eigenvalue weighted by Gasteiger charge is 2.66. The normalized spacial score (nSPS) is 22.8. The maximum Gasteiger partial charge on any atom is 0.412 e. The zero-order valence-corrected chi connectivity index (χ0v) is 24.4. The van der Waals surface area contributed by atoms with Crippen molar-refractivity contribution in [3.05, 3.63) is 52.3 Å². The lowest BCUT2D eigenvalue weighted by molar-refractivity contribution is -0.138. The summed E-state index contributed by atoms with van der Waals surface area (Å²) in [4.78, 5) is 58.0. The number of rotatable bonds is 8. The summed E-state index contributed by atoms with van der Waals surface area (Å²) in [5.41, 5.74) is 7.70. The molecule has 214 valence electrons. The van der Waals surface area contributed by atoms with E-state index in [1.807, 2.05) is 13.0 Å². The van der Waals surface area contributed by atoms with Crippen LogP contribution in [0.1, 0.15) is 48.5 Å². The number of anilines is 1. The van der Waals surface area contributed by atoms with Crippen LogP contribution in [0.4, 0.5) is 10.6 Å². The van der Waals surface area contributed by atoms with Crippen LogP contribution < -0.4 is 21.1 Å². The molecular formula is C29H31BrN6O5. The molecule has 12 heteroatoms. The number of nitrogens with zero attached hydrogens (tertiary/aromatic N) is 3. The summed E-state index contributed by atoms with van der Waals surface area (Å²) in [6.07, 6.45) is 4.21. The minimum Gasteiger partial charge on any atom is -0.410 e. The maximum atomic E-state index is 13.8. The number of likely N-dealkylation sites (tertiary alicyclic amines) is 1. The van der Waals surface area contributed by atoms with E-state index in [1.54, 1.807) is 39.9 Å². The number of nitrogens with one attached hydrogen (secondary N) is 2. The van der Waals surface area contributed by atoms with E-state index in [4.69, 9.17) is 10.5 Å². The van der Waals surface area contributed by atoms with Crippen LogP contribution >= 0.6 is 15.9 Å². The van der Waals surface area contributed by atoms with Crippen molar-refractivity contribution in [1.82, 2.24) is 19.8 Å². The van der Waals surface area contributed by atoms with Gasteiger partial charge in [-0.1, -0.05) is 6.07 Å². The Morgan fingerprint density at radius 1 is 1.17 bits per heavy atom. The minimum atomic E-state index is -0.691. The van der Waals surface area contributed by atoms with Crippen LogP contribution in [-0.4, -0.2) is 62.8 Å². The number of Topliss-reactive ketones (excluding diaryl/α,β-unsaturated/α-hetero) is 1. The Balaban J connectivity index is 1.25. The summed E-state index contributed by atoms with van der Waals surface area (Å²) in [6, 6.07) is 7.99. The number of halogens is 1. The van der Waals surface area contributed by atoms with Gasteiger partial charge in [-0.15, -0.1) is 0 Å². The number of aromatic nitrogens is 2. The summed E-state index contributed by atoms with van der Waals surface area (Å²) in [6.45, 7) is 3.62. The number of hydrogen-bond donors (Lipinski definition) is 3. The molecule has 2 saturated carbocycles. The van der Waals surface area contributed by atoms with E-state index in [-0.39, 0.29) is 41.6 Å². The number of aryl methyl sites for hydroxylation is 1. The first kappa shape index (κ1) is 27.4. The van der Waals surface area contributed by atoms with Crippen LogP contribution in [0.25, 0.3) is 10.9 Å². The zero-order chi connectivity index (χ0) is 29.1. The Morgan fingerprint density at radius 3 is 2.66 bits per heavy atom. The first-order valence-corrected chi connectivity index (χ1v) is 14.5. The van der Waals surface area contributed by atoms with Gasteiger partial charge in [0.15, 0.2) is 5.78 Å². The van der Waals surface area contributed by atoms with Gasteiger partial charge in [0.25, 0.3) is 0 Å². The Bertz CT molecular complexity index is 1600. The van der Waals surface area contributed by atoms with Gasteiger partial charge in [-0.3, -0.25) is 14.4 Å². The quantitative estimate of drug-likeness (QED) is 0.257. The van der Waals surface area contributed by atoms with Gasteiger partial charge >= 0.3 is 6.09 Å². The third kappa shape index (κ3) is 5.21. The predicted molar refractivity (Wildman–Crippen MR) is 155 cm³/mol. The van der Waals surface area contributed by atoms with E-state index < -0.39 is 12.1 Å². The lowest BCUT2D eigenvalue weighted by Gasteiger charge is -2.27. The maximum absolute atomic E-state index is 13.8. The summed E-state index contributed by atoms with van der Waals surface area (Å²) >= 11 is 3.34. The van der Waals surface area contributed by atoms with Crippen molar-refractivity contribution in [1.29, 1.82) is 0 Å². The van der Waals surface area contributed by atoms with Crippen LogP contribution in [0.5, 0.6) is 5.75 Å². The zero-order valence-electron chi connectivity index (χ0n) is 22.8. The molecule has 6 rings (SSSR count). The van der Waals surface area contributed by atoms with Gasteiger partial charge in [0.1, 0.15) is 28.8 Å². The van der Waals surface area contributed by atoms with Crippen molar-refractivity contribution in [3.63, 3.8) is 0 Å². The molecular weight excluding hydrogens is 592 g/mol. The summed E-state index contributed by atoms with van der Waals surface area (Å²) in [5, 5.41) is 6.25. The monoisotopic (exact) mass is 622 g/mol. The summed E-state index contributed by atoms with van der Waals surface area (Å²) in [5.74, 6) is 0.0183. The molecule has 4 N–H and O–H groups in total. The summed E-state index contributed by atoms with van der Waals surface area (Å²) < 4.78 is 7.72. The highest BCUT2D eigenvalue weighted by atomic mass is 79.9. The third-order valence-corrected chi connectivity index (χ3v) is 8.81. The molecule has 3 atom stereocenters. The first-order valence-electron chi connectivity index (χ1n) is 13.7. The van der Waals surface area contributed by atoms with Crippen molar-refractivity contribution < 1.29 is 23.9 Å². The number of ether oxygens (including phenoxy) is 1. The largest absolute Gasteiger partial charge is 0.412 e. The number of ketones is 1. The summed E-state index contributed by atoms with van der Waals surface area (Å²) in [7, 11) is 0. The van der Waals surface area contributed by atoms with Gasteiger partial charge in [0.05, 0.1) is 0 Å². The van der Waals surface area contributed by atoms with Crippen LogP contribution in [0, 0.1) is 12.3 Å². The molecule has 11 nitrogen and oxygen atoms in total. The molecule has 3 amide bonds. The fraction of sp³-hybridized carbons (Fsp3) is 0.414. The molecule has 0 radical (unpaired) electrons. The molecule has 1 aliphatic heterocycles. The van der Waals surface area contributed by atoms with Gasteiger partial charge in [-0.05, 0) is 85.3 Å². The first-order chi connectivity index (χ1) is 19.6. The van der Waals surface area contributed by atoms with E-state index in [0.717, 1.165) is 24.8 Å². The van der Waals surface area contributed by atoms with E-state index >= 15 is 0 Å². The molecule has 0 bridgehead atoms. The van der Waals surface area contributed by atoms with Crippen molar-refractivity contribution in [3.8, 4) is 5.75 Å². The molecule has 1 aromatic carbocycles. The SMILES string of the molecule is CC(=O)c1cn(CC(=O)N2[C@H](C(=O)Nc3nc(Br)ccc3C)C[C@@]3(CN)C[C@@H]23)c2ccc(OC(=O)NC3CC3)cc12. The number of amides is 3. The van der Waals surface area contributed by atoms with Gasteiger partial charge in [-0.25, -0.2) is 9.78 Å². The second-order valence-electron chi connectivity index (χ2n) is 11.3. The van der Waals surface area contributed by atoms with E-state index in [1.165, 1.54) is 6.92 Å². The van der Waals surface area contributed by atoms with Crippen molar-refractivity contribution in [2.45, 2.75) is 64.2 Å². The molecule has 2 aliphatic carbocycles. The Morgan fingerprint density at radius 2 is 1.95 bits per heavy atom. The second kappa shape index (κ2) is 10.3. The topological polar surface area (TPSA) is 149 Å². The van der Waals surface area contributed by atoms with Gasteiger partial charge in [0, 0.05) is 46.7 Å². The second-order valence-corrected chi connectivity index (χ2v) is 12.1. The van der Waals surface area contributed by atoms with Crippen LogP contribution in [0.15, 0.2) is 41.1 Å². The number of carbonyl (C=O) groups excluding carboxylic acids is 4. The standard InChI is InChI=1S/C29H31BrN6O5/c1-15-3-8-24(30)33-26(15)34-27(39)22-10-29(14-31)11-23(29)36(22)25(38)13-35-12-20(16(2)37)19-9-18(6-7-21(19)35)41-28(40)32-17-4-5-17/h3,6-9,12,17,22-23H,4-5,10-11,13-14,31H2,1-2H3,(H,32,40)(H,33,34,39)/t22-,23+,29-/m0/s1. The van der Waals surface area contributed by atoms with E-state index in [0.29, 0.717) is 45.6 Å². The van der Waals surface area contributed by atoms with E-state index in [9.17, 15) is 19.2 Å². The third-order valence-electron chi connectivity index (χ3n) is 8.37. The molecule has 3 aromatic rings. The van der Waals surface area contributed by atoms with Gasteiger partial charge < -0.3 is 30.6 Å². The number of nitrogens with two attached hydrogens (primary N) is 1. The van der Waals surface area contributed by atoms with Crippen LogP contribution in [-0.2, 0) is 16.1 Å². The Labute approximate surface area is 244 Å². The van der Waals surface area contributed by atoms with Crippen molar-refractivity contribution >= 4 is 56.3 Å². The Kier molecular flexibility index (Phi) is 6.85. The highest BCUT2D eigenvalue weighted by Crippen LogP contribution is 2.59. The molecule has 0 spiro atoms. The molecule has 2 aromatic heterocycles. The molecule has 1 saturated heterocycles. The molecule has 3 fully saturated rings. The van der Waals surface area contributed by atoms with Gasteiger partial charge in [0.2, 0.25) is 11.8 Å². The molecule has 0 unspecified atom stereocenters. The number of carbonyl (C=O) groups is 4. The molecule has 3 aliphatic rings. The van der Waals surface area contributed by atoms with Crippen LogP contribution in [0.3, 0.4) is 0 Å². The fourth-order valence-electron chi connectivity index (χ4n) is 5.85. The number of pyridine rings is 1. The van der Waals surface area contributed by atoms with Gasteiger partial charge in [-0.2, -0.15) is 0 Å². The van der Waals surface area contributed by atoms with Crippen LogP contribution in [0.2, 0.25) is 0 Å². The van der Waals surface area contributed by atoms with Crippen molar-refractivity contribution in [2.75, 3.05) is 11.9 Å². The predicted octanol–water partition coefficient (Wildman–Crippen LogP) is 3.52. The van der Waals surface area contributed by atoms with Crippen molar-refractivity contribution in [2.24, 2.45) is 11.1 Å². The molecule has 3 heterocycles. The Hall–Kier alpha value is -3.77.